The molecule has 2 aromatic carbocycles. The van der Waals surface area contributed by atoms with Crippen molar-refractivity contribution in [1.29, 1.82) is 5.26 Å². The Morgan fingerprint density at radius 2 is 1.85 bits per heavy atom. The van der Waals surface area contributed by atoms with Crippen molar-refractivity contribution in [2.75, 3.05) is 0 Å². The number of benzene rings is 2. The van der Waals surface area contributed by atoms with Crippen LogP contribution in [-0.4, -0.2) is 21.6 Å². The molecule has 0 spiro atoms. The summed E-state index contributed by atoms with van der Waals surface area (Å²) in [6.07, 6.45) is 4.70. The number of nitrogens with zero attached hydrogens (tertiary/aromatic N) is 3. The number of carbonyl (C=O) groups excluding carboxylic acids is 1. The van der Waals surface area contributed by atoms with E-state index < -0.39 is 6.10 Å². The second-order valence-corrected chi connectivity index (χ2v) is 6.19. The van der Waals surface area contributed by atoms with E-state index in [1.807, 2.05) is 48.0 Å². The molecule has 3 rings (SSSR count). The Hall–Kier alpha value is -3.59. The molecule has 1 N–H and O–H groups in total. The molecule has 2 atom stereocenters. The van der Waals surface area contributed by atoms with Crippen molar-refractivity contribution in [3.8, 4) is 17.5 Å². The molecular formula is C21H20N4O2. The lowest BCUT2D eigenvalue weighted by atomic mass is 10.1. The molecule has 3 aromatic rings. The van der Waals surface area contributed by atoms with E-state index in [-0.39, 0.29) is 11.9 Å². The van der Waals surface area contributed by atoms with Crippen LogP contribution in [0.5, 0.6) is 5.75 Å². The topological polar surface area (TPSA) is 79.9 Å². The second-order valence-electron chi connectivity index (χ2n) is 6.19. The monoisotopic (exact) mass is 360 g/mol. The predicted octanol–water partition coefficient (Wildman–Crippen LogP) is 3.39. The zero-order valence-electron chi connectivity index (χ0n) is 15.2. The number of aromatic nitrogens is 2. The van der Waals surface area contributed by atoms with Gasteiger partial charge in [-0.1, -0.05) is 12.1 Å². The number of rotatable bonds is 6. The van der Waals surface area contributed by atoms with Crippen molar-refractivity contribution in [3.63, 3.8) is 0 Å². The van der Waals surface area contributed by atoms with Crippen LogP contribution in [0.2, 0.25) is 0 Å². The van der Waals surface area contributed by atoms with E-state index in [0.29, 0.717) is 11.3 Å². The molecular weight excluding hydrogens is 340 g/mol. The maximum absolute atomic E-state index is 12.4. The third kappa shape index (κ3) is 4.53. The Morgan fingerprint density at radius 3 is 2.44 bits per heavy atom. The van der Waals surface area contributed by atoms with E-state index in [2.05, 4.69) is 10.3 Å². The Labute approximate surface area is 158 Å². The van der Waals surface area contributed by atoms with Gasteiger partial charge in [0, 0.05) is 18.1 Å². The summed E-state index contributed by atoms with van der Waals surface area (Å²) in [6, 6.07) is 16.5. The fourth-order valence-corrected chi connectivity index (χ4v) is 2.63. The molecule has 6 nitrogen and oxygen atoms in total. The van der Waals surface area contributed by atoms with Gasteiger partial charge in [-0.3, -0.25) is 4.79 Å². The van der Waals surface area contributed by atoms with Crippen LogP contribution in [0, 0.1) is 11.3 Å². The molecule has 0 aliphatic carbocycles. The Bertz CT molecular complexity index is 926. The van der Waals surface area contributed by atoms with Crippen molar-refractivity contribution in [2.45, 2.75) is 26.0 Å². The van der Waals surface area contributed by atoms with Gasteiger partial charge in [-0.15, -0.1) is 0 Å². The van der Waals surface area contributed by atoms with Gasteiger partial charge in [0.1, 0.15) is 5.75 Å². The van der Waals surface area contributed by atoms with Crippen molar-refractivity contribution in [1.82, 2.24) is 14.9 Å². The van der Waals surface area contributed by atoms with Gasteiger partial charge >= 0.3 is 0 Å². The molecule has 0 aliphatic rings. The number of amides is 1. The standard InChI is InChI=1S/C21H20N4O2/c1-15(18-5-7-19(8-6-18)25-12-11-23-14-25)24-21(26)16(2)27-20-9-3-17(13-22)4-10-20/h3-12,14-16H,1-2H3,(H,24,26)/t15-,16-/m0/s1. The molecule has 6 heteroatoms. The average Bonchev–Trinajstić information content (AvgIpc) is 3.23. The summed E-state index contributed by atoms with van der Waals surface area (Å²) in [4.78, 5) is 16.4. The average molecular weight is 360 g/mol. The highest BCUT2D eigenvalue weighted by Gasteiger charge is 2.17. The van der Waals surface area contributed by atoms with Crippen LogP contribution in [0.25, 0.3) is 5.69 Å². The van der Waals surface area contributed by atoms with Crippen LogP contribution in [0.1, 0.15) is 31.0 Å². The van der Waals surface area contributed by atoms with Gasteiger partial charge in [0.25, 0.3) is 5.91 Å². The number of carbonyl (C=O) groups is 1. The van der Waals surface area contributed by atoms with E-state index >= 15 is 0 Å². The van der Waals surface area contributed by atoms with Crippen LogP contribution in [-0.2, 0) is 4.79 Å². The zero-order chi connectivity index (χ0) is 19.2. The van der Waals surface area contributed by atoms with Gasteiger partial charge < -0.3 is 14.6 Å². The lowest BCUT2D eigenvalue weighted by molar-refractivity contribution is -0.127. The van der Waals surface area contributed by atoms with E-state index in [0.717, 1.165) is 11.3 Å². The molecule has 1 aromatic heterocycles. The smallest absolute Gasteiger partial charge is 0.261 e. The first-order valence-electron chi connectivity index (χ1n) is 8.62. The Balaban J connectivity index is 1.58. The molecule has 0 saturated heterocycles. The van der Waals surface area contributed by atoms with Gasteiger partial charge in [-0.2, -0.15) is 5.26 Å². The van der Waals surface area contributed by atoms with Crippen LogP contribution in [0.4, 0.5) is 0 Å². The molecule has 1 heterocycles. The molecule has 0 fully saturated rings. The highest BCUT2D eigenvalue weighted by atomic mass is 16.5. The molecule has 1 amide bonds. The maximum atomic E-state index is 12.4. The summed E-state index contributed by atoms with van der Waals surface area (Å²) in [5.41, 5.74) is 2.55. The molecule has 27 heavy (non-hydrogen) atoms. The van der Waals surface area contributed by atoms with Gasteiger partial charge in [0.15, 0.2) is 6.10 Å². The summed E-state index contributed by atoms with van der Waals surface area (Å²) in [7, 11) is 0. The van der Waals surface area contributed by atoms with Crippen molar-refractivity contribution < 1.29 is 9.53 Å². The third-order valence-electron chi connectivity index (χ3n) is 4.22. The Kier molecular flexibility index (Phi) is 5.53. The van der Waals surface area contributed by atoms with Crippen molar-refractivity contribution >= 4 is 5.91 Å². The second kappa shape index (κ2) is 8.19. The number of ether oxygens (including phenoxy) is 1. The van der Waals surface area contributed by atoms with E-state index in [4.69, 9.17) is 10.00 Å². The Morgan fingerprint density at radius 1 is 1.15 bits per heavy atom. The first-order chi connectivity index (χ1) is 13.1. The summed E-state index contributed by atoms with van der Waals surface area (Å²) in [5, 5.41) is 11.8. The first kappa shape index (κ1) is 18.2. The highest BCUT2D eigenvalue weighted by molar-refractivity contribution is 5.81. The molecule has 0 saturated carbocycles. The molecule has 0 unspecified atom stereocenters. The minimum Gasteiger partial charge on any atom is -0.481 e. The van der Waals surface area contributed by atoms with Crippen LogP contribution in [0.15, 0.2) is 67.3 Å². The van der Waals surface area contributed by atoms with Crippen molar-refractivity contribution in [2.24, 2.45) is 0 Å². The van der Waals surface area contributed by atoms with E-state index in [1.54, 1.807) is 43.7 Å². The SMILES string of the molecule is C[C@H](Oc1ccc(C#N)cc1)C(=O)N[C@@H](C)c1ccc(-n2ccnc2)cc1. The summed E-state index contributed by atoms with van der Waals surface area (Å²) < 4.78 is 7.57. The molecule has 0 bridgehead atoms. The normalized spacial score (nSPS) is 12.6. The first-order valence-corrected chi connectivity index (χ1v) is 8.62. The van der Waals surface area contributed by atoms with Crippen molar-refractivity contribution in [3.05, 3.63) is 78.4 Å². The zero-order valence-corrected chi connectivity index (χ0v) is 15.2. The highest BCUT2D eigenvalue weighted by Crippen LogP contribution is 2.17. The van der Waals surface area contributed by atoms with Gasteiger partial charge in [0.05, 0.1) is 24.0 Å². The quantitative estimate of drug-likeness (QED) is 0.731. The third-order valence-corrected chi connectivity index (χ3v) is 4.22. The van der Waals surface area contributed by atoms with E-state index in [9.17, 15) is 4.79 Å². The van der Waals surface area contributed by atoms with Crippen LogP contribution in [0.3, 0.4) is 0 Å². The minimum atomic E-state index is -0.648. The lowest BCUT2D eigenvalue weighted by Crippen LogP contribution is -2.37. The number of nitrogens with one attached hydrogen (secondary N) is 1. The van der Waals surface area contributed by atoms with Gasteiger partial charge in [0.2, 0.25) is 0 Å². The van der Waals surface area contributed by atoms with Gasteiger partial charge in [-0.05, 0) is 55.8 Å². The fraction of sp³-hybridized carbons (Fsp3) is 0.190. The van der Waals surface area contributed by atoms with Gasteiger partial charge in [-0.25, -0.2) is 4.98 Å². The number of hydrogen-bond donors (Lipinski definition) is 1. The maximum Gasteiger partial charge on any atom is 0.261 e. The van der Waals surface area contributed by atoms with Crippen LogP contribution < -0.4 is 10.1 Å². The molecule has 0 radical (unpaired) electrons. The number of nitriles is 1. The fourth-order valence-electron chi connectivity index (χ4n) is 2.63. The predicted molar refractivity (Wildman–Crippen MR) is 101 cm³/mol. The van der Waals surface area contributed by atoms with E-state index in [1.165, 1.54) is 0 Å². The number of imidazole rings is 1. The summed E-state index contributed by atoms with van der Waals surface area (Å²) in [6.45, 7) is 3.63. The summed E-state index contributed by atoms with van der Waals surface area (Å²) >= 11 is 0. The molecule has 0 aliphatic heterocycles. The van der Waals surface area contributed by atoms with Crippen LogP contribution >= 0.6 is 0 Å². The minimum absolute atomic E-state index is 0.152. The lowest BCUT2D eigenvalue weighted by Gasteiger charge is -2.19. The summed E-state index contributed by atoms with van der Waals surface area (Å²) in [5.74, 6) is 0.347. The largest absolute Gasteiger partial charge is 0.481 e. The molecule has 136 valence electrons. The number of hydrogen-bond acceptors (Lipinski definition) is 4.